The molecule has 1 fully saturated rings. The number of nitrogens with one attached hydrogen (secondary N) is 1. The number of nitrogens with zero attached hydrogens (tertiary/aromatic N) is 3. The molecule has 1 N–H and O–H groups in total. The van der Waals surface area contributed by atoms with E-state index in [1.807, 2.05) is 30.5 Å². The van der Waals surface area contributed by atoms with Crippen LogP contribution in [0.1, 0.15) is 31.0 Å². The van der Waals surface area contributed by atoms with E-state index >= 15 is 0 Å². The average molecular weight is 391 g/mol. The molecule has 5 heteroatoms. The van der Waals surface area contributed by atoms with E-state index in [0.29, 0.717) is 25.9 Å². The highest BCUT2D eigenvalue weighted by atomic mass is 19.1. The third-order valence-electron chi connectivity index (χ3n) is 5.50. The van der Waals surface area contributed by atoms with Gasteiger partial charge in [0.25, 0.3) is 0 Å². The number of benzene rings is 1. The van der Waals surface area contributed by atoms with E-state index in [4.69, 9.17) is 4.98 Å². The van der Waals surface area contributed by atoms with Gasteiger partial charge in [-0.15, -0.1) is 0 Å². The van der Waals surface area contributed by atoms with Crippen LogP contribution in [0.5, 0.6) is 0 Å². The first-order valence-electron chi connectivity index (χ1n) is 10.2. The number of para-hydroxylation sites is 1. The van der Waals surface area contributed by atoms with Crippen LogP contribution in [0.4, 0.5) is 4.39 Å². The van der Waals surface area contributed by atoms with E-state index in [1.165, 1.54) is 0 Å². The van der Waals surface area contributed by atoms with Gasteiger partial charge < -0.3 is 10.2 Å². The summed E-state index contributed by atoms with van der Waals surface area (Å²) in [6.45, 7) is 3.02. The smallest absolute Gasteiger partial charge is 0.158 e. The van der Waals surface area contributed by atoms with Crippen molar-refractivity contribution in [2.24, 2.45) is 4.99 Å². The highest BCUT2D eigenvalue weighted by Gasteiger charge is 2.36. The van der Waals surface area contributed by atoms with Gasteiger partial charge in [-0.3, -0.25) is 4.99 Å². The average Bonchev–Trinajstić information content (AvgIpc) is 2.73. The summed E-state index contributed by atoms with van der Waals surface area (Å²) < 4.78 is 14.5. The molecule has 1 aromatic heterocycles. The largest absolute Gasteiger partial charge is 0.310 e. The van der Waals surface area contributed by atoms with Gasteiger partial charge in [0.1, 0.15) is 11.4 Å². The Morgan fingerprint density at radius 2 is 2.14 bits per heavy atom. The Hall–Kier alpha value is -2.79. The third kappa shape index (κ3) is 4.01. The number of halogens is 1. The summed E-state index contributed by atoms with van der Waals surface area (Å²) in [5.74, 6) is 0.798. The third-order valence-corrected chi connectivity index (χ3v) is 5.50. The Morgan fingerprint density at radius 1 is 1.28 bits per heavy atom. The van der Waals surface area contributed by atoms with Crippen molar-refractivity contribution in [3.63, 3.8) is 0 Å². The van der Waals surface area contributed by atoms with Crippen LogP contribution in [0.25, 0.3) is 10.9 Å². The van der Waals surface area contributed by atoms with E-state index in [1.54, 1.807) is 7.05 Å². The lowest BCUT2D eigenvalue weighted by atomic mass is 9.91. The summed E-state index contributed by atoms with van der Waals surface area (Å²) >= 11 is 0. The molecule has 0 amide bonds. The first kappa shape index (κ1) is 19.5. The van der Waals surface area contributed by atoms with Crippen LogP contribution in [0.15, 0.2) is 71.5 Å². The molecule has 0 unspecified atom stereocenters. The molecule has 4 nitrogen and oxygen atoms in total. The van der Waals surface area contributed by atoms with Crippen LogP contribution in [-0.2, 0) is 6.42 Å². The Balaban J connectivity index is 1.68. The van der Waals surface area contributed by atoms with Crippen LogP contribution >= 0.6 is 0 Å². The quantitative estimate of drug-likeness (QED) is 0.602. The molecule has 0 spiro atoms. The summed E-state index contributed by atoms with van der Waals surface area (Å²) in [6.07, 6.45) is 12.4. The molecule has 2 aliphatic heterocycles. The fourth-order valence-electron chi connectivity index (χ4n) is 3.84. The Kier molecular flexibility index (Phi) is 5.58. The molecule has 1 aromatic carbocycles. The molecule has 29 heavy (non-hydrogen) atoms. The first-order chi connectivity index (χ1) is 14.1. The normalized spacial score (nSPS) is 19.8. The van der Waals surface area contributed by atoms with Crippen molar-refractivity contribution in [2.45, 2.75) is 31.9 Å². The Labute approximate surface area is 171 Å². The van der Waals surface area contributed by atoms with Crippen LogP contribution in [-0.4, -0.2) is 41.5 Å². The predicted molar refractivity (Wildman–Crippen MR) is 118 cm³/mol. The molecular formula is C24H27FN4. The Bertz CT molecular complexity index is 1010. The summed E-state index contributed by atoms with van der Waals surface area (Å²) in [5.41, 5.74) is 2.83. The number of aromatic nitrogens is 1. The van der Waals surface area contributed by atoms with E-state index in [9.17, 15) is 4.39 Å². The molecule has 150 valence electrons. The lowest BCUT2D eigenvalue weighted by Crippen LogP contribution is -2.56. The molecule has 0 atom stereocenters. The van der Waals surface area contributed by atoms with Crippen molar-refractivity contribution < 1.29 is 4.39 Å². The SMILES string of the molecule is CCC=C1C=CC=CN1C(=NC)c1ccc2cccc(CCC3(F)CNC3)c2n1. The number of alkyl halides is 1. The van der Waals surface area contributed by atoms with Crippen LogP contribution in [0.2, 0.25) is 0 Å². The summed E-state index contributed by atoms with van der Waals surface area (Å²) in [4.78, 5) is 11.6. The number of amidine groups is 1. The van der Waals surface area contributed by atoms with Crippen molar-refractivity contribution in [1.29, 1.82) is 0 Å². The molecule has 2 aliphatic rings. The van der Waals surface area contributed by atoms with Gasteiger partial charge in [0.15, 0.2) is 5.84 Å². The standard InChI is InChI=1S/C24H27FN4/c1-3-7-20-10-4-5-15-29(20)23(26-2)21-12-11-18-8-6-9-19(22(18)28-21)13-14-24(25)16-27-17-24/h4-12,15,27H,3,13-14,16-17H2,1-2H3. The van der Waals surface area contributed by atoms with Gasteiger partial charge in [-0.25, -0.2) is 9.37 Å². The number of rotatable bonds is 5. The van der Waals surface area contributed by atoms with Crippen LogP contribution < -0.4 is 5.32 Å². The van der Waals surface area contributed by atoms with Crippen molar-refractivity contribution in [1.82, 2.24) is 15.2 Å². The molecule has 4 rings (SSSR count). The van der Waals surface area contributed by atoms with Gasteiger partial charge in [0.2, 0.25) is 0 Å². The molecule has 3 heterocycles. The van der Waals surface area contributed by atoms with Crippen LogP contribution in [0, 0.1) is 0 Å². The Morgan fingerprint density at radius 3 is 2.86 bits per heavy atom. The number of pyridine rings is 1. The van der Waals surface area contributed by atoms with Crippen LogP contribution in [0.3, 0.4) is 0 Å². The summed E-state index contributed by atoms with van der Waals surface area (Å²) in [6, 6.07) is 10.2. The van der Waals surface area contributed by atoms with Gasteiger partial charge in [-0.05, 0) is 43.0 Å². The number of allylic oxidation sites excluding steroid dienone is 4. The number of fused-ring (bicyclic) bond motifs is 1. The van der Waals surface area contributed by atoms with Gasteiger partial charge in [-0.1, -0.05) is 43.3 Å². The fourth-order valence-corrected chi connectivity index (χ4v) is 3.84. The lowest BCUT2D eigenvalue weighted by molar-refractivity contribution is 0.0810. The topological polar surface area (TPSA) is 40.5 Å². The first-order valence-corrected chi connectivity index (χ1v) is 10.2. The van der Waals surface area contributed by atoms with E-state index < -0.39 is 5.67 Å². The van der Waals surface area contributed by atoms with Crippen molar-refractivity contribution in [3.8, 4) is 0 Å². The molecule has 0 bridgehead atoms. The van der Waals surface area contributed by atoms with E-state index in [-0.39, 0.29) is 0 Å². The minimum absolute atomic E-state index is 0.449. The van der Waals surface area contributed by atoms with Crippen molar-refractivity contribution in [2.75, 3.05) is 20.1 Å². The molecule has 1 saturated heterocycles. The molecular weight excluding hydrogens is 363 g/mol. The summed E-state index contributed by atoms with van der Waals surface area (Å²) in [5, 5.41) is 4.10. The molecule has 0 radical (unpaired) electrons. The zero-order valence-electron chi connectivity index (χ0n) is 17.0. The van der Waals surface area contributed by atoms with Crippen molar-refractivity contribution >= 4 is 16.7 Å². The van der Waals surface area contributed by atoms with E-state index in [2.05, 4.69) is 52.5 Å². The maximum Gasteiger partial charge on any atom is 0.158 e. The number of aryl methyl sites for hydroxylation is 1. The zero-order chi connectivity index (χ0) is 20.3. The second-order valence-corrected chi connectivity index (χ2v) is 7.59. The molecule has 2 aromatic rings. The minimum atomic E-state index is -1.08. The molecule has 0 saturated carbocycles. The monoisotopic (exact) mass is 390 g/mol. The second-order valence-electron chi connectivity index (χ2n) is 7.59. The van der Waals surface area contributed by atoms with Gasteiger partial charge >= 0.3 is 0 Å². The van der Waals surface area contributed by atoms with Gasteiger partial charge in [0.05, 0.1) is 5.52 Å². The predicted octanol–water partition coefficient (Wildman–Crippen LogP) is 4.53. The van der Waals surface area contributed by atoms with Gasteiger partial charge in [-0.2, -0.15) is 0 Å². The molecule has 0 aliphatic carbocycles. The highest BCUT2D eigenvalue weighted by Crippen LogP contribution is 2.27. The maximum atomic E-state index is 14.5. The highest BCUT2D eigenvalue weighted by molar-refractivity contribution is 6.01. The van der Waals surface area contributed by atoms with E-state index in [0.717, 1.165) is 40.1 Å². The van der Waals surface area contributed by atoms with Gasteiger partial charge in [0, 0.05) is 37.4 Å². The number of hydrogen-bond acceptors (Lipinski definition) is 3. The minimum Gasteiger partial charge on any atom is -0.310 e. The zero-order valence-corrected chi connectivity index (χ0v) is 17.0. The number of hydrogen-bond donors (Lipinski definition) is 1. The number of aliphatic imine (C=N–C) groups is 1. The fraction of sp³-hybridized carbons (Fsp3) is 0.333. The summed E-state index contributed by atoms with van der Waals surface area (Å²) in [7, 11) is 1.79. The maximum absolute atomic E-state index is 14.5. The lowest BCUT2D eigenvalue weighted by Gasteiger charge is -2.35. The second kappa shape index (κ2) is 8.29. The van der Waals surface area contributed by atoms with Crippen molar-refractivity contribution in [3.05, 3.63) is 77.8 Å².